The van der Waals surface area contributed by atoms with Crippen LogP contribution in [0.4, 0.5) is 26.3 Å². The van der Waals surface area contributed by atoms with Gasteiger partial charge in [-0.2, -0.15) is 26.3 Å². The van der Waals surface area contributed by atoms with Gasteiger partial charge in [-0.3, -0.25) is 0 Å². The Balaban J connectivity index is 2.40. The molecule has 1 aliphatic heterocycles. The maximum absolute atomic E-state index is 13.4. The molecule has 3 nitrogen and oxygen atoms in total. The van der Waals surface area contributed by atoms with E-state index in [0.717, 1.165) is 6.08 Å². The van der Waals surface area contributed by atoms with E-state index in [9.17, 15) is 26.3 Å². The van der Waals surface area contributed by atoms with E-state index in [0.29, 0.717) is 37.1 Å². The molecule has 0 aromatic rings. The smallest absolute Gasteiger partial charge is 0.427 e. The molecule has 2 rings (SSSR count). The molecule has 144 valence electrons. The van der Waals surface area contributed by atoms with Crippen molar-refractivity contribution in [2.75, 3.05) is 19.8 Å². The molecule has 0 radical (unpaired) electrons. The topological polar surface area (TPSA) is 44.5 Å². The molecule has 25 heavy (non-hydrogen) atoms. The highest BCUT2D eigenvalue weighted by atomic mass is 19.4. The molecule has 2 unspecified atom stereocenters. The SMILES string of the molecule is CCCC1=C(OCCCN)C=CC2C1COC2(C(F)(F)F)C(F)(F)F. The van der Waals surface area contributed by atoms with Crippen LogP contribution in [-0.4, -0.2) is 37.7 Å². The second-order valence-corrected chi connectivity index (χ2v) is 6.16. The van der Waals surface area contributed by atoms with Crippen molar-refractivity contribution in [1.29, 1.82) is 0 Å². The zero-order valence-corrected chi connectivity index (χ0v) is 13.7. The summed E-state index contributed by atoms with van der Waals surface area (Å²) in [5, 5.41) is 0. The highest BCUT2D eigenvalue weighted by Gasteiger charge is 2.79. The Bertz CT molecular complexity index is 524. The molecular weight excluding hydrogens is 352 g/mol. The maximum Gasteiger partial charge on any atom is 0.427 e. The van der Waals surface area contributed by atoms with Gasteiger partial charge in [0.25, 0.3) is 5.60 Å². The van der Waals surface area contributed by atoms with E-state index in [1.54, 1.807) is 6.92 Å². The summed E-state index contributed by atoms with van der Waals surface area (Å²) in [6.07, 6.45) is -7.54. The number of hydrogen-bond donors (Lipinski definition) is 1. The summed E-state index contributed by atoms with van der Waals surface area (Å²) in [6.45, 7) is 1.79. The van der Waals surface area contributed by atoms with Crippen LogP contribution in [0.5, 0.6) is 0 Å². The van der Waals surface area contributed by atoms with E-state index >= 15 is 0 Å². The van der Waals surface area contributed by atoms with E-state index in [2.05, 4.69) is 4.74 Å². The fraction of sp³-hybridized carbons (Fsp3) is 0.750. The van der Waals surface area contributed by atoms with Gasteiger partial charge in [0.2, 0.25) is 0 Å². The van der Waals surface area contributed by atoms with Crippen molar-refractivity contribution in [3.8, 4) is 0 Å². The predicted molar refractivity (Wildman–Crippen MR) is 78.5 cm³/mol. The lowest BCUT2D eigenvalue weighted by Gasteiger charge is -2.38. The molecule has 1 aliphatic carbocycles. The van der Waals surface area contributed by atoms with Crippen LogP contribution in [0.1, 0.15) is 26.2 Å². The van der Waals surface area contributed by atoms with Crippen LogP contribution in [0.25, 0.3) is 0 Å². The summed E-state index contributed by atoms with van der Waals surface area (Å²) in [6, 6.07) is 0. The summed E-state index contributed by atoms with van der Waals surface area (Å²) in [5.41, 5.74) is 1.64. The molecule has 0 saturated carbocycles. The van der Waals surface area contributed by atoms with Crippen LogP contribution in [0.3, 0.4) is 0 Å². The maximum atomic E-state index is 13.4. The number of ether oxygens (including phenoxy) is 2. The Morgan fingerprint density at radius 3 is 2.40 bits per heavy atom. The van der Waals surface area contributed by atoms with Crippen molar-refractivity contribution < 1.29 is 35.8 Å². The van der Waals surface area contributed by atoms with Crippen LogP contribution in [0.2, 0.25) is 0 Å². The van der Waals surface area contributed by atoms with Crippen molar-refractivity contribution in [2.45, 2.75) is 44.1 Å². The lowest BCUT2D eigenvalue weighted by Crippen LogP contribution is -2.60. The number of halogens is 6. The van der Waals surface area contributed by atoms with Gasteiger partial charge in [0.05, 0.1) is 13.2 Å². The lowest BCUT2D eigenvalue weighted by molar-refractivity contribution is -0.376. The molecule has 2 N–H and O–H groups in total. The second-order valence-electron chi connectivity index (χ2n) is 6.16. The van der Waals surface area contributed by atoms with Gasteiger partial charge in [-0.05, 0) is 31.0 Å². The van der Waals surface area contributed by atoms with E-state index < -0.39 is 36.4 Å². The average Bonchev–Trinajstić information content (AvgIpc) is 2.90. The molecular formula is C16H21F6NO2. The third-order valence-corrected chi connectivity index (χ3v) is 4.58. The minimum atomic E-state index is -5.57. The summed E-state index contributed by atoms with van der Waals surface area (Å²) >= 11 is 0. The number of nitrogens with two attached hydrogens (primary N) is 1. The molecule has 2 atom stereocenters. The monoisotopic (exact) mass is 373 g/mol. The standard InChI is InChI=1S/C16H21F6NO2/c1-2-4-10-11-9-25-14(15(17,18)19,16(20,21)22)12(11)5-6-13(10)24-8-3-7-23/h5-6,11-12H,2-4,7-9,23H2,1H3. The molecule has 0 aromatic heterocycles. The quantitative estimate of drug-likeness (QED) is 0.563. The number of rotatable bonds is 6. The van der Waals surface area contributed by atoms with Crippen molar-refractivity contribution in [1.82, 2.24) is 0 Å². The molecule has 0 spiro atoms. The molecule has 1 fully saturated rings. The van der Waals surface area contributed by atoms with Crippen molar-refractivity contribution in [2.24, 2.45) is 17.6 Å². The highest BCUT2D eigenvalue weighted by molar-refractivity contribution is 5.34. The molecule has 0 amide bonds. The highest BCUT2D eigenvalue weighted by Crippen LogP contribution is 2.59. The third kappa shape index (κ3) is 3.40. The number of alkyl halides is 6. The van der Waals surface area contributed by atoms with Gasteiger partial charge in [-0.25, -0.2) is 0 Å². The Kier molecular flexibility index (Phi) is 5.78. The minimum absolute atomic E-state index is 0.255. The number of allylic oxidation sites excluding steroid dienone is 1. The fourth-order valence-corrected chi connectivity index (χ4v) is 3.46. The first-order valence-electron chi connectivity index (χ1n) is 8.11. The summed E-state index contributed by atoms with van der Waals surface area (Å²) in [4.78, 5) is 0. The largest absolute Gasteiger partial charge is 0.494 e. The normalized spacial score (nSPS) is 26.1. The first kappa shape index (κ1) is 20.1. The van der Waals surface area contributed by atoms with E-state index in [-0.39, 0.29) is 6.61 Å². The molecule has 1 saturated heterocycles. The number of fused-ring (bicyclic) bond motifs is 1. The predicted octanol–water partition coefficient (Wildman–Crippen LogP) is 4.10. The van der Waals surface area contributed by atoms with Crippen molar-refractivity contribution in [3.05, 3.63) is 23.5 Å². The van der Waals surface area contributed by atoms with Gasteiger partial charge >= 0.3 is 12.4 Å². The van der Waals surface area contributed by atoms with Gasteiger partial charge in [0.1, 0.15) is 5.76 Å². The van der Waals surface area contributed by atoms with Crippen LogP contribution < -0.4 is 5.73 Å². The van der Waals surface area contributed by atoms with Crippen LogP contribution in [0, 0.1) is 11.8 Å². The molecule has 0 aromatic carbocycles. The molecule has 2 aliphatic rings. The molecule has 0 bridgehead atoms. The number of hydrogen-bond acceptors (Lipinski definition) is 3. The molecule has 1 heterocycles. The Morgan fingerprint density at radius 1 is 1.24 bits per heavy atom. The first-order chi connectivity index (χ1) is 11.6. The van der Waals surface area contributed by atoms with E-state index in [1.165, 1.54) is 6.08 Å². The van der Waals surface area contributed by atoms with Gasteiger partial charge in [-0.1, -0.05) is 19.4 Å². The van der Waals surface area contributed by atoms with Crippen LogP contribution in [-0.2, 0) is 9.47 Å². The Labute approximate surface area is 141 Å². The van der Waals surface area contributed by atoms with Crippen LogP contribution in [0.15, 0.2) is 23.5 Å². The van der Waals surface area contributed by atoms with Gasteiger partial charge < -0.3 is 15.2 Å². The van der Waals surface area contributed by atoms with Gasteiger partial charge in [0, 0.05) is 11.8 Å². The zero-order chi connectivity index (χ0) is 18.9. The molecule has 9 heteroatoms. The third-order valence-electron chi connectivity index (χ3n) is 4.58. The van der Waals surface area contributed by atoms with E-state index in [4.69, 9.17) is 10.5 Å². The van der Waals surface area contributed by atoms with Gasteiger partial charge in [-0.15, -0.1) is 0 Å². The van der Waals surface area contributed by atoms with Gasteiger partial charge in [0.15, 0.2) is 0 Å². The zero-order valence-electron chi connectivity index (χ0n) is 13.7. The van der Waals surface area contributed by atoms with Crippen molar-refractivity contribution >= 4 is 0 Å². The average molecular weight is 373 g/mol. The second kappa shape index (κ2) is 7.19. The first-order valence-corrected chi connectivity index (χ1v) is 8.11. The fourth-order valence-electron chi connectivity index (χ4n) is 3.46. The lowest BCUT2D eigenvalue weighted by atomic mass is 9.73. The van der Waals surface area contributed by atoms with Crippen LogP contribution >= 0.6 is 0 Å². The Hall–Kier alpha value is -1.22. The minimum Gasteiger partial charge on any atom is -0.494 e. The van der Waals surface area contributed by atoms with E-state index in [1.807, 2.05) is 0 Å². The summed E-state index contributed by atoms with van der Waals surface area (Å²) < 4.78 is 90.4. The summed E-state index contributed by atoms with van der Waals surface area (Å²) in [7, 11) is 0. The summed E-state index contributed by atoms with van der Waals surface area (Å²) in [5.74, 6) is -2.53. The Morgan fingerprint density at radius 2 is 1.88 bits per heavy atom. The van der Waals surface area contributed by atoms with Crippen molar-refractivity contribution in [3.63, 3.8) is 0 Å².